The van der Waals surface area contributed by atoms with E-state index in [2.05, 4.69) is 11.6 Å². The monoisotopic (exact) mass is 511 g/mol. The third-order valence-corrected chi connectivity index (χ3v) is 7.72. The summed E-state index contributed by atoms with van der Waals surface area (Å²) in [6.07, 6.45) is 4.87. The van der Waals surface area contributed by atoms with Gasteiger partial charge in [0.25, 0.3) is 0 Å². The first kappa shape index (κ1) is 25.8. The molecule has 1 aromatic heterocycles. The van der Waals surface area contributed by atoms with E-state index in [0.717, 1.165) is 18.4 Å². The molecule has 2 heterocycles. The summed E-state index contributed by atoms with van der Waals surface area (Å²) in [7, 11) is -3.97. The number of hydrogen-bond acceptors (Lipinski definition) is 5. The van der Waals surface area contributed by atoms with Crippen LogP contribution in [0, 0.1) is 5.82 Å². The maximum absolute atomic E-state index is 14.2. The van der Waals surface area contributed by atoms with Gasteiger partial charge in [0.15, 0.2) is 0 Å². The Hall–Kier alpha value is -3.30. The number of carbonyl (C=O) groups is 1. The van der Waals surface area contributed by atoms with Crippen molar-refractivity contribution in [1.82, 2.24) is 14.5 Å². The maximum atomic E-state index is 14.2. The zero-order chi connectivity index (χ0) is 25.5. The average Bonchev–Trinajstić information content (AvgIpc) is 3.52. The molecule has 0 bridgehead atoms. The van der Waals surface area contributed by atoms with Crippen LogP contribution in [-0.4, -0.2) is 48.0 Å². The highest BCUT2D eigenvalue weighted by atomic mass is 32.2. The Morgan fingerprint density at radius 2 is 1.94 bits per heavy atom. The number of amides is 1. The number of halogens is 1. The van der Waals surface area contributed by atoms with Gasteiger partial charge in [0, 0.05) is 18.7 Å². The molecule has 0 unspecified atom stereocenters. The van der Waals surface area contributed by atoms with Crippen LogP contribution in [-0.2, 0) is 44.6 Å². The minimum absolute atomic E-state index is 0.0806. The molecule has 0 radical (unpaired) electrons. The third-order valence-electron chi connectivity index (χ3n) is 6.15. The van der Waals surface area contributed by atoms with Crippen molar-refractivity contribution in [2.24, 2.45) is 0 Å². The Bertz CT molecular complexity index is 1300. The zero-order valence-electron chi connectivity index (χ0n) is 20.1. The molecular weight excluding hydrogens is 481 g/mol. The van der Waals surface area contributed by atoms with Crippen molar-refractivity contribution in [2.75, 3.05) is 13.2 Å². The molecule has 190 valence electrons. The van der Waals surface area contributed by atoms with Crippen LogP contribution in [0.3, 0.4) is 0 Å². The molecule has 0 N–H and O–H groups in total. The third kappa shape index (κ3) is 6.27. The lowest BCUT2D eigenvalue weighted by Crippen LogP contribution is -2.33. The summed E-state index contributed by atoms with van der Waals surface area (Å²) in [5.41, 5.74) is 1.54. The van der Waals surface area contributed by atoms with Crippen molar-refractivity contribution < 1.29 is 22.3 Å². The van der Waals surface area contributed by atoms with Crippen LogP contribution in [0.15, 0.2) is 78.6 Å². The van der Waals surface area contributed by atoms with E-state index in [9.17, 15) is 17.6 Å². The summed E-state index contributed by atoms with van der Waals surface area (Å²) >= 11 is 0. The molecule has 1 aliphatic heterocycles. The fourth-order valence-electron chi connectivity index (χ4n) is 4.33. The van der Waals surface area contributed by atoms with Crippen molar-refractivity contribution >= 4 is 15.7 Å². The highest BCUT2D eigenvalue weighted by Gasteiger charge is 2.28. The van der Waals surface area contributed by atoms with Crippen LogP contribution < -0.4 is 0 Å². The second-order valence-electron chi connectivity index (χ2n) is 8.85. The normalized spacial score (nSPS) is 15.6. The van der Waals surface area contributed by atoms with E-state index >= 15 is 0 Å². The highest BCUT2D eigenvalue weighted by Crippen LogP contribution is 2.23. The first-order valence-corrected chi connectivity index (χ1v) is 13.6. The van der Waals surface area contributed by atoms with Gasteiger partial charge in [0.1, 0.15) is 5.82 Å². The smallest absolute Gasteiger partial charge is 0.228 e. The molecule has 4 rings (SSSR count). The van der Waals surface area contributed by atoms with Gasteiger partial charge in [-0.05, 0) is 24.5 Å². The molecule has 36 heavy (non-hydrogen) atoms. The van der Waals surface area contributed by atoms with Crippen molar-refractivity contribution in [3.05, 3.63) is 96.1 Å². The largest absolute Gasteiger partial charge is 0.376 e. The fraction of sp³-hybridized carbons (Fsp3) is 0.333. The number of hydrogen-bond donors (Lipinski definition) is 0. The van der Waals surface area contributed by atoms with E-state index in [0.29, 0.717) is 18.8 Å². The lowest BCUT2D eigenvalue weighted by atomic mass is 10.1. The second kappa shape index (κ2) is 11.6. The molecule has 2 aromatic carbocycles. The van der Waals surface area contributed by atoms with E-state index in [-0.39, 0.29) is 42.2 Å². The number of ether oxygens (including phenoxy) is 1. The van der Waals surface area contributed by atoms with E-state index < -0.39 is 21.4 Å². The summed E-state index contributed by atoms with van der Waals surface area (Å²) in [5, 5.41) is -0.148. The van der Waals surface area contributed by atoms with Crippen LogP contribution >= 0.6 is 0 Å². The minimum Gasteiger partial charge on any atom is -0.376 e. The second-order valence-corrected chi connectivity index (χ2v) is 10.7. The van der Waals surface area contributed by atoms with Crippen LogP contribution in [0.4, 0.5) is 4.39 Å². The first-order valence-electron chi connectivity index (χ1n) is 11.9. The van der Waals surface area contributed by atoms with Gasteiger partial charge in [-0.25, -0.2) is 17.8 Å². The molecule has 0 spiro atoms. The van der Waals surface area contributed by atoms with Crippen molar-refractivity contribution in [3.8, 4) is 0 Å². The molecular formula is C27H30FN3O4S. The van der Waals surface area contributed by atoms with Gasteiger partial charge in [-0.3, -0.25) is 4.79 Å². The lowest BCUT2D eigenvalue weighted by Gasteiger charge is -2.23. The Balaban J connectivity index is 1.63. The Labute approximate surface area is 211 Å². The molecule has 0 saturated carbocycles. The van der Waals surface area contributed by atoms with Gasteiger partial charge in [-0.1, -0.05) is 54.6 Å². The Kier molecular flexibility index (Phi) is 8.32. The molecule has 1 atom stereocenters. The zero-order valence-corrected chi connectivity index (χ0v) is 20.9. The minimum atomic E-state index is -3.97. The number of nitrogens with zero attached hydrogens (tertiary/aromatic N) is 3. The van der Waals surface area contributed by atoms with E-state index in [4.69, 9.17) is 4.74 Å². The topological polar surface area (TPSA) is 81.5 Å². The van der Waals surface area contributed by atoms with Gasteiger partial charge < -0.3 is 14.2 Å². The number of carbonyl (C=O) groups excluding carboxylic acids is 1. The van der Waals surface area contributed by atoms with Gasteiger partial charge >= 0.3 is 0 Å². The molecule has 1 saturated heterocycles. The van der Waals surface area contributed by atoms with E-state index in [1.54, 1.807) is 21.6 Å². The molecule has 1 aliphatic rings. The van der Waals surface area contributed by atoms with Crippen LogP contribution in [0.1, 0.15) is 29.7 Å². The lowest BCUT2D eigenvalue weighted by molar-refractivity contribution is -0.130. The summed E-state index contributed by atoms with van der Waals surface area (Å²) in [5.74, 6) is -1.20. The van der Waals surface area contributed by atoms with E-state index in [1.807, 2.05) is 30.3 Å². The van der Waals surface area contributed by atoms with Gasteiger partial charge in [-0.2, -0.15) is 0 Å². The molecule has 0 aliphatic carbocycles. The average molecular weight is 512 g/mol. The van der Waals surface area contributed by atoms with Crippen molar-refractivity contribution in [3.63, 3.8) is 0 Å². The predicted molar refractivity (Wildman–Crippen MR) is 134 cm³/mol. The quantitative estimate of drug-likeness (QED) is 0.365. The standard InChI is InChI=1S/C27H30FN3O4S/c1-2-14-30(26(32)16-21-9-4-3-5-10-21)18-23-17-29-27(31(23)19-24-12-8-15-35-24)36(33,34)20-22-11-6-7-13-25(22)28/h2-7,9-11,13,17,24H,1,8,12,14-16,18-20H2/t24-/m0/s1. The molecule has 3 aromatic rings. The summed E-state index contributed by atoms with van der Waals surface area (Å²) in [4.78, 5) is 19.0. The Morgan fingerprint density at radius 1 is 1.19 bits per heavy atom. The van der Waals surface area contributed by atoms with Gasteiger partial charge in [0.05, 0.1) is 43.3 Å². The summed E-state index contributed by atoms with van der Waals surface area (Å²) in [6, 6.07) is 15.2. The number of benzene rings is 2. The van der Waals surface area contributed by atoms with Gasteiger partial charge in [0.2, 0.25) is 20.9 Å². The number of imidazole rings is 1. The highest BCUT2D eigenvalue weighted by molar-refractivity contribution is 7.90. The number of rotatable bonds is 11. The Morgan fingerprint density at radius 3 is 2.64 bits per heavy atom. The van der Waals surface area contributed by atoms with E-state index in [1.165, 1.54) is 24.4 Å². The SMILES string of the molecule is C=CCN(Cc1cnc(S(=O)(=O)Cc2ccccc2F)n1C[C@@H]1CCCO1)C(=O)Cc1ccccc1. The van der Waals surface area contributed by atoms with Crippen LogP contribution in [0.2, 0.25) is 0 Å². The van der Waals surface area contributed by atoms with Crippen molar-refractivity contribution in [2.45, 2.75) is 49.4 Å². The van der Waals surface area contributed by atoms with Crippen LogP contribution in [0.5, 0.6) is 0 Å². The van der Waals surface area contributed by atoms with Crippen LogP contribution in [0.25, 0.3) is 0 Å². The molecule has 7 nitrogen and oxygen atoms in total. The molecule has 1 amide bonds. The maximum Gasteiger partial charge on any atom is 0.228 e. The number of aromatic nitrogens is 2. The number of sulfone groups is 1. The molecule has 1 fully saturated rings. The predicted octanol–water partition coefficient (Wildman–Crippen LogP) is 3.93. The van der Waals surface area contributed by atoms with Crippen molar-refractivity contribution in [1.29, 1.82) is 0 Å². The molecule has 9 heteroatoms. The summed E-state index contributed by atoms with van der Waals surface area (Å²) < 4.78 is 48.3. The van der Waals surface area contributed by atoms with Gasteiger partial charge in [-0.15, -0.1) is 6.58 Å². The summed E-state index contributed by atoms with van der Waals surface area (Å²) in [6.45, 7) is 5.13. The fourth-order valence-corrected chi connectivity index (χ4v) is 5.84. The first-order chi connectivity index (χ1) is 17.4.